The fourth-order valence-corrected chi connectivity index (χ4v) is 4.15. The molecule has 0 aliphatic heterocycles. The van der Waals surface area contributed by atoms with Gasteiger partial charge in [0.2, 0.25) is 0 Å². The lowest BCUT2D eigenvalue weighted by atomic mass is 9.94. The Balaban J connectivity index is 1.47. The molecule has 3 aromatic carbocycles. The number of fused-ring (bicyclic) bond motifs is 1. The maximum absolute atomic E-state index is 10.9. The molecule has 174 valence electrons. The number of hydrogen-bond acceptors (Lipinski definition) is 4. The molecule has 0 saturated heterocycles. The topological polar surface area (TPSA) is 62.6 Å². The Morgan fingerprint density at radius 2 is 1.76 bits per heavy atom. The van der Waals surface area contributed by atoms with Crippen LogP contribution in [-0.2, 0) is 16.9 Å². The van der Waals surface area contributed by atoms with E-state index < -0.39 is 11.9 Å². The molecule has 0 radical (unpaired) electrons. The summed E-state index contributed by atoms with van der Waals surface area (Å²) in [6, 6.07) is 25.9. The molecule has 4 nitrogen and oxygen atoms in total. The van der Waals surface area contributed by atoms with Crippen LogP contribution < -0.4 is 0 Å². The van der Waals surface area contributed by atoms with E-state index in [-0.39, 0.29) is 0 Å². The molecular weight excluding hydrogens is 422 g/mol. The average Bonchev–Trinajstić information content (AvgIpc) is 2.86. The van der Waals surface area contributed by atoms with Gasteiger partial charge in [-0.15, -0.1) is 0 Å². The summed E-state index contributed by atoms with van der Waals surface area (Å²) >= 11 is 0. The summed E-state index contributed by atoms with van der Waals surface area (Å²) in [5.74, 6) is -1.36. The van der Waals surface area contributed by atoms with Gasteiger partial charge in [0, 0.05) is 18.1 Å². The van der Waals surface area contributed by atoms with Gasteiger partial charge in [-0.2, -0.15) is 0 Å². The molecule has 0 amide bonds. The summed E-state index contributed by atoms with van der Waals surface area (Å²) < 4.78 is 5.24. The van der Waals surface area contributed by atoms with E-state index in [0.29, 0.717) is 12.8 Å². The van der Waals surface area contributed by atoms with Crippen LogP contribution in [0.2, 0.25) is 0 Å². The number of aromatic nitrogens is 1. The van der Waals surface area contributed by atoms with Crippen molar-refractivity contribution in [1.82, 2.24) is 4.98 Å². The van der Waals surface area contributed by atoms with Crippen LogP contribution in [0.15, 0.2) is 78.9 Å². The van der Waals surface area contributed by atoms with Crippen molar-refractivity contribution >= 4 is 23.1 Å². The first-order valence-corrected chi connectivity index (χ1v) is 11.5. The zero-order valence-corrected chi connectivity index (χ0v) is 19.9. The van der Waals surface area contributed by atoms with Gasteiger partial charge in [-0.3, -0.25) is 0 Å². The quantitative estimate of drug-likeness (QED) is 0.312. The smallest absolute Gasteiger partial charge is 0.189 e. The number of pyridine rings is 1. The Morgan fingerprint density at radius 1 is 0.971 bits per heavy atom. The third-order valence-corrected chi connectivity index (χ3v) is 6.21. The lowest BCUT2D eigenvalue weighted by Gasteiger charge is -2.25. The molecule has 0 spiro atoms. The molecule has 2 atom stereocenters. The second kappa shape index (κ2) is 10.3. The van der Waals surface area contributed by atoms with Gasteiger partial charge in [0.05, 0.1) is 17.3 Å². The highest BCUT2D eigenvalue weighted by Gasteiger charge is 2.25. The van der Waals surface area contributed by atoms with E-state index in [0.717, 1.165) is 38.9 Å². The van der Waals surface area contributed by atoms with Gasteiger partial charge >= 0.3 is 0 Å². The first-order valence-electron chi connectivity index (χ1n) is 11.5. The van der Waals surface area contributed by atoms with Crippen molar-refractivity contribution in [2.45, 2.75) is 38.6 Å². The number of aliphatic hydroxyl groups is 2. The second-order valence-corrected chi connectivity index (χ2v) is 8.83. The summed E-state index contributed by atoms with van der Waals surface area (Å²) in [6.07, 6.45) is 4.56. The number of methoxy groups -OCH3 is 1. The monoisotopic (exact) mass is 453 g/mol. The SMILES string of the molecule is COC(C)(O)c1ccccc1CCC(O)c1cccc(/C=C/c2ccc3ccc(C)cc3n2)c1. The number of aryl methyl sites for hydroxylation is 2. The van der Waals surface area contributed by atoms with Crippen LogP contribution in [0.3, 0.4) is 0 Å². The van der Waals surface area contributed by atoms with Gasteiger partial charge in [-0.05, 0) is 73.2 Å². The van der Waals surface area contributed by atoms with Gasteiger partial charge in [0.25, 0.3) is 0 Å². The van der Waals surface area contributed by atoms with Crippen molar-refractivity contribution in [2.75, 3.05) is 7.11 Å². The van der Waals surface area contributed by atoms with Crippen LogP contribution in [0, 0.1) is 6.92 Å². The van der Waals surface area contributed by atoms with Crippen LogP contribution in [-0.4, -0.2) is 22.3 Å². The average molecular weight is 454 g/mol. The fraction of sp³-hybridized carbons (Fsp3) is 0.233. The van der Waals surface area contributed by atoms with Crippen LogP contribution in [0.5, 0.6) is 0 Å². The highest BCUT2D eigenvalue weighted by Crippen LogP contribution is 2.28. The fourth-order valence-electron chi connectivity index (χ4n) is 4.15. The van der Waals surface area contributed by atoms with Gasteiger partial charge in [0.1, 0.15) is 0 Å². The van der Waals surface area contributed by atoms with Crippen molar-refractivity contribution in [3.8, 4) is 0 Å². The third kappa shape index (κ3) is 5.60. The number of aliphatic hydroxyl groups excluding tert-OH is 1. The predicted molar refractivity (Wildman–Crippen MR) is 138 cm³/mol. The van der Waals surface area contributed by atoms with E-state index >= 15 is 0 Å². The predicted octanol–water partition coefficient (Wildman–Crippen LogP) is 6.19. The molecule has 1 aromatic heterocycles. The molecule has 4 heteroatoms. The van der Waals surface area contributed by atoms with E-state index in [2.05, 4.69) is 31.2 Å². The van der Waals surface area contributed by atoms with E-state index in [1.54, 1.807) is 6.92 Å². The normalized spacial score (nSPS) is 14.4. The Labute approximate surface area is 201 Å². The van der Waals surface area contributed by atoms with E-state index in [9.17, 15) is 10.2 Å². The molecule has 0 aliphatic carbocycles. The Hall–Kier alpha value is -3.31. The molecule has 0 saturated carbocycles. The molecule has 1 heterocycles. The number of rotatable bonds is 8. The van der Waals surface area contributed by atoms with Gasteiger partial charge in [0.15, 0.2) is 5.79 Å². The molecule has 0 aliphatic rings. The van der Waals surface area contributed by atoms with Crippen LogP contribution in [0.1, 0.15) is 53.0 Å². The summed E-state index contributed by atoms with van der Waals surface area (Å²) in [5.41, 5.74) is 6.62. The van der Waals surface area contributed by atoms with Crippen molar-refractivity contribution < 1.29 is 14.9 Å². The standard InChI is InChI=1S/C30H31NO3/c1-21-11-13-24-14-17-26(31-28(24)19-21)16-12-22-7-6-9-25(20-22)29(32)18-15-23-8-4-5-10-27(23)30(2,33)34-3/h4-14,16-17,19-20,29,32-33H,15,18H2,1-3H3/b16-12+. The molecule has 2 unspecified atom stereocenters. The first-order chi connectivity index (χ1) is 16.4. The second-order valence-electron chi connectivity index (χ2n) is 8.83. The van der Waals surface area contributed by atoms with Crippen LogP contribution in [0.25, 0.3) is 23.1 Å². The van der Waals surface area contributed by atoms with Crippen molar-refractivity contribution in [1.29, 1.82) is 0 Å². The highest BCUT2D eigenvalue weighted by molar-refractivity contribution is 5.81. The van der Waals surface area contributed by atoms with E-state index in [4.69, 9.17) is 9.72 Å². The summed E-state index contributed by atoms with van der Waals surface area (Å²) in [6.45, 7) is 3.70. The van der Waals surface area contributed by atoms with Crippen LogP contribution in [0.4, 0.5) is 0 Å². The maximum Gasteiger partial charge on any atom is 0.189 e. The molecule has 0 bridgehead atoms. The zero-order valence-electron chi connectivity index (χ0n) is 19.9. The maximum atomic E-state index is 10.9. The number of benzene rings is 3. The molecule has 2 N–H and O–H groups in total. The van der Waals surface area contributed by atoms with Gasteiger partial charge in [-0.25, -0.2) is 4.98 Å². The molecule has 34 heavy (non-hydrogen) atoms. The summed E-state index contributed by atoms with van der Waals surface area (Å²) in [5, 5.41) is 22.5. The number of nitrogens with zero attached hydrogens (tertiary/aromatic N) is 1. The highest BCUT2D eigenvalue weighted by atomic mass is 16.6. The Bertz CT molecular complexity index is 1310. The minimum atomic E-state index is -1.36. The molecule has 4 aromatic rings. The minimum Gasteiger partial charge on any atom is -0.388 e. The largest absolute Gasteiger partial charge is 0.388 e. The first kappa shape index (κ1) is 23.8. The number of ether oxygens (including phenoxy) is 1. The molecule has 0 fully saturated rings. The third-order valence-electron chi connectivity index (χ3n) is 6.21. The van der Waals surface area contributed by atoms with Gasteiger partial charge in [-0.1, -0.05) is 66.7 Å². The van der Waals surface area contributed by atoms with Crippen molar-refractivity contribution in [3.63, 3.8) is 0 Å². The van der Waals surface area contributed by atoms with Crippen LogP contribution >= 0.6 is 0 Å². The summed E-state index contributed by atoms with van der Waals surface area (Å²) in [4.78, 5) is 4.74. The molecular formula is C30H31NO3. The van der Waals surface area contributed by atoms with Crippen molar-refractivity contribution in [2.24, 2.45) is 0 Å². The van der Waals surface area contributed by atoms with Crippen molar-refractivity contribution in [3.05, 3.63) is 112 Å². The lowest BCUT2D eigenvalue weighted by Crippen LogP contribution is -2.25. The minimum absolute atomic E-state index is 0.537. The Kier molecular flexibility index (Phi) is 7.23. The number of hydrogen-bond donors (Lipinski definition) is 2. The molecule has 4 rings (SSSR count). The summed E-state index contributed by atoms with van der Waals surface area (Å²) in [7, 11) is 1.49. The van der Waals surface area contributed by atoms with E-state index in [1.165, 1.54) is 12.7 Å². The zero-order chi connectivity index (χ0) is 24.1. The Morgan fingerprint density at radius 3 is 2.59 bits per heavy atom. The lowest BCUT2D eigenvalue weighted by molar-refractivity contribution is -0.179. The van der Waals surface area contributed by atoms with Gasteiger partial charge < -0.3 is 14.9 Å². The van der Waals surface area contributed by atoms with E-state index in [1.807, 2.05) is 66.7 Å².